The van der Waals surface area contributed by atoms with Crippen LogP contribution in [0, 0.1) is 111 Å². The van der Waals surface area contributed by atoms with Crippen molar-refractivity contribution in [1.82, 2.24) is 0 Å². The maximum Gasteiger partial charge on any atom is 0.411 e. The first-order valence-corrected chi connectivity index (χ1v) is 51.2. The molecule has 0 bridgehead atoms. The minimum atomic E-state index is -5.53. The molecule has 1 aliphatic carbocycles. The quantitative estimate of drug-likeness (QED) is 0.0798. The van der Waals surface area contributed by atoms with Crippen LogP contribution >= 0.6 is 11.8 Å². The van der Waals surface area contributed by atoms with Gasteiger partial charge < -0.3 is 14.2 Å². The monoisotopic (exact) mass is 1960 g/mol. The molecule has 0 amide bonds. The third kappa shape index (κ3) is 32.5. The van der Waals surface area contributed by atoms with E-state index in [1.165, 1.54) is 166 Å². The van der Waals surface area contributed by atoms with Crippen LogP contribution in [0.2, 0.25) is 0 Å². The summed E-state index contributed by atoms with van der Waals surface area (Å²) in [6.45, 7) is 36.9. The highest BCUT2D eigenvalue weighted by Gasteiger charge is 2.72. The lowest BCUT2D eigenvalue weighted by Crippen LogP contribution is -2.54. The summed E-state index contributed by atoms with van der Waals surface area (Å²) in [5.74, 6) is 5.00. The Bertz CT molecular complexity index is 6260. The van der Waals surface area contributed by atoms with Gasteiger partial charge in [-0.15, -0.1) is 0 Å². The predicted octanol–water partition coefficient (Wildman–Crippen LogP) is 37.4. The Labute approximate surface area is 856 Å². The van der Waals surface area contributed by atoms with Crippen LogP contribution in [0.5, 0.6) is 34.5 Å². The van der Waals surface area contributed by atoms with Crippen molar-refractivity contribution >= 4 is 21.6 Å². The van der Waals surface area contributed by atoms with Gasteiger partial charge in [0.05, 0.1) is 9.79 Å². The molecule has 0 saturated heterocycles. The van der Waals surface area contributed by atoms with Gasteiger partial charge in [-0.3, -0.25) is 0 Å². The summed E-state index contributed by atoms with van der Waals surface area (Å²) in [7, 11) is -3.37. The van der Waals surface area contributed by atoms with Crippen molar-refractivity contribution in [3.8, 4) is 34.5 Å². The number of aryl methyl sites for hydroxylation is 16. The number of benzene rings is 17. The zero-order chi connectivity index (χ0) is 104. The Morgan fingerprint density at radius 1 is 0.236 bits per heavy atom. The van der Waals surface area contributed by atoms with Crippen molar-refractivity contribution in [2.45, 2.75) is 211 Å². The van der Waals surface area contributed by atoms with Crippen LogP contribution < -0.4 is 14.2 Å². The van der Waals surface area contributed by atoms with Gasteiger partial charge in [0.25, 0.3) is 0 Å². The number of hydrogen-bond donors (Lipinski definition) is 0. The van der Waals surface area contributed by atoms with Gasteiger partial charge in [-0.25, -0.2) is 8.42 Å². The van der Waals surface area contributed by atoms with E-state index in [0.717, 1.165) is 76.3 Å². The van der Waals surface area contributed by atoms with Crippen LogP contribution in [0.15, 0.2) is 432 Å². The lowest BCUT2D eigenvalue weighted by molar-refractivity contribution is -0.288. The maximum absolute atomic E-state index is 13.7. The van der Waals surface area contributed by atoms with Crippen molar-refractivity contribution in [3.05, 3.63) is 546 Å². The molecule has 0 unspecified atom stereocenters. The van der Waals surface area contributed by atoms with E-state index in [0.29, 0.717) is 20.9 Å². The third-order valence-electron chi connectivity index (χ3n) is 25.5. The Morgan fingerprint density at radius 2 is 0.417 bits per heavy atom. The number of ether oxygens (including phenoxy) is 3. The van der Waals surface area contributed by atoms with Crippen molar-refractivity contribution in [2.75, 3.05) is 0 Å². The van der Waals surface area contributed by atoms with Gasteiger partial charge in [-0.1, -0.05) is 425 Å². The molecule has 144 heavy (non-hydrogen) atoms. The highest BCUT2D eigenvalue weighted by Crippen LogP contribution is 2.56. The SMILES string of the molecule is Cc1ccc(C(C)(C)c2ccc(C)cc2)cc1.Cc1ccc(C(c2ccc(C)cc2)(C(F)(F)F)C(F)(F)F)cc1.Cc1ccc(C2(c3ccc(C)cc3)CCCCC2)cc1.Cc1ccc(Cc2ccc(C)cc2)cc1.Cc1ccc(Oc2ccc(C)cc2)cc1.Cc1ccc(Oc2ccc(Oc3ccc(C)cc3)cc2)cc1.Cc1ccc(S(=O)(=O)c2ccc(C)cc2)cc1.Cc1ccc(Sc2ccc(C)cc2)cc1. The van der Waals surface area contributed by atoms with Crippen LogP contribution in [-0.4, -0.2) is 20.8 Å². The lowest BCUT2D eigenvalue weighted by atomic mass is 9.65. The van der Waals surface area contributed by atoms with Gasteiger partial charge in [0, 0.05) is 20.6 Å². The molecule has 0 radical (unpaired) electrons. The van der Waals surface area contributed by atoms with Crippen LogP contribution in [0.25, 0.3) is 0 Å². The molecule has 0 aromatic heterocycles. The van der Waals surface area contributed by atoms with Gasteiger partial charge in [-0.2, -0.15) is 26.3 Å². The Balaban J connectivity index is 0.000000158. The molecule has 17 aromatic rings. The molecule has 13 heteroatoms. The number of rotatable bonds is 18. The molecule has 0 heterocycles. The summed E-state index contributed by atoms with van der Waals surface area (Å²) in [5, 5.41) is 0. The molecular weight excluding hydrogens is 1830 g/mol. The normalized spacial score (nSPS) is 12.1. The largest absolute Gasteiger partial charge is 0.457 e. The van der Waals surface area contributed by atoms with Crippen molar-refractivity contribution in [1.29, 1.82) is 0 Å². The Hall–Kier alpha value is -14.0. The molecule has 0 N–H and O–H groups in total. The molecule has 1 fully saturated rings. The second-order valence-electron chi connectivity index (χ2n) is 38.2. The van der Waals surface area contributed by atoms with Gasteiger partial charge in [0.15, 0.2) is 0 Å². The molecule has 0 atom stereocenters. The highest BCUT2D eigenvalue weighted by molar-refractivity contribution is 7.99. The van der Waals surface area contributed by atoms with Crippen molar-refractivity contribution < 1.29 is 49.0 Å². The van der Waals surface area contributed by atoms with Crippen LogP contribution in [0.3, 0.4) is 0 Å². The standard InChI is InChI=1S/C20H18O2.C20H24.C17H14F6.C17H20.C15H16.C14H14O2S.C14H14O.C14H14S/c1-15-3-7-17(8-4-15)21-19-11-13-20(14-12-19)22-18-9-5-16(2)6-10-18;1-16-6-10-18(11-7-16)20(14-4-3-5-15-20)19-12-8-17(2)9-13-19;1-11-3-7-13(8-4-11)15(16(18,19)20,17(21,22)23)14-9-5-12(2)6-10-14;1-13-5-9-15(10-6-13)17(3,4)16-11-7-14(2)8-12-16;1-12-3-7-14(8-4-12)11-15-9-5-13(2)6-10-15;1-11-3-7-13(8-4-11)17(15,16)14-9-5-12(2)6-10-14;2*1-11-3-7-13(8-4-11)15-14-9-5-12(2)6-10-14/h3-14H,1-2H3;6-13H,3-5,14-15H2,1-2H3;3-10H,1-2H3;5-12H,1-4H3;3-10H,11H2,1-2H3;3-10H,1-2H3;2*3-10H,1-2H3. The molecule has 742 valence electrons. The van der Waals surface area contributed by atoms with Gasteiger partial charge in [0.2, 0.25) is 15.3 Å². The van der Waals surface area contributed by atoms with Crippen molar-refractivity contribution in [3.63, 3.8) is 0 Å². The molecule has 0 aliphatic heterocycles. The van der Waals surface area contributed by atoms with E-state index in [9.17, 15) is 34.8 Å². The maximum atomic E-state index is 13.7. The molecule has 0 spiro atoms. The predicted molar refractivity (Wildman–Crippen MR) is 587 cm³/mol. The smallest absolute Gasteiger partial charge is 0.411 e. The summed E-state index contributed by atoms with van der Waals surface area (Å²) in [6.07, 6.45) is -3.37. The fourth-order valence-corrected chi connectivity index (χ4v) is 18.4. The molecule has 17 aromatic carbocycles. The first-order valence-electron chi connectivity index (χ1n) is 48.9. The average Bonchev–Trinajstić information content (AvgIpc) is 0.714. The number of hydrogen-bond acceptors (Lipinski definition) is 6. The van der Waals surface area contributed by atoms with E-state index < -0.39 is 38.7 Å². The molecular formula is C131H134F6O5S2. The summed E-state index contributed by atoms with van der Waals surface area (Å²) in [5.41, 5.74) is 21.9. The third-order valence-corrected chi connectivity index (χ3v) is 28.3. The van der Waals surface area contributed by atoms with Gasteiger partial charge >= 0.3 is 12.4 Å². The fourth-order valence-electron chi connectivity index (χ4n) is 16.3. The minimum absolute atomic E-state index is 0.0708. The average molecular weight is 1970 g/mol. The summed E-state index contributed by atoms with van der Waals surface area (Å²) < 4.78 is 124. The number of alkyl halides is 6. The second kappa shape index (κ2) is 51.8. The number of halogens is 6. The molecule has 1 saturated carbocycles. The Kier molecular flexibility index (Phi) is 39.7. The van der Waals surface area contributed by atoms with Gasteiger partial charge in [0.1, 0.15) is 34.5 Å². The van der Waals surface area contributed by atoms with Gasteiger partial charge in [-0.05, 0) is 296 Å². The van der Waals surface area contributed by atoms with E-state index in [4.69, 9.17) is 14.2 Å². The summed E-state index contributed by atoms with van der Waals surface area (Å²) in [4.78, 5) is 3.27. The molecule has 5 nitrogen and oxygen atoms in total. The van der Waals surface area contributed by atoms with E-state index in [2.05, 4.69) is 291 Å². The Morgan fingerprint density at radius 3 is 0.639 bits per heavy atom. The summed E-state index contributed by atoms with van der Waals surface area (Å²) >= 11 is 1.80. The summed E-state index contributed by atoms with van der Waals surface area (Å²) in [6, 6.07) is 133. The molecule has 18 rings (SSSR count). The first-order chi connectivity index (χ1) is 68.6. The lowest BCUT2D eigenvalue weighted by Gasteiger charge is -2.38. The van der Waals surface area contributed by atoms with Crippen LogP contribution in [-0.2, 0) is 32.5 Å². The van der Waals surface area contributed by atoms with E-state index in [1.54, 1.807) is 74.1 Å². The minimum Gasteiger partial charge on any atom is -0.457 e. The first kappa shape index (κ1) is 110. The zero-order valence-electron chi connectivity index (χ0n) is 86.1. The van der Waals surface area contributed by atoms with E-state index in [1.807, 2.05) is 135 Å². The van der Waals surface area contributed by atoms with Crippen LogP contribution in [0.1, 0.15) is 179 Å². The zero-order valence-corrected chi connectivity index (χ0v) is 87.8. The van der Waals surface area contributed by atoms with Crippen LogP contribution in [0.4, 0.5) is 26.3 Å². The van der Waals surface area contributed by atoms with E-state index >= 15 is 0 Å². The fraction of sp³-hybridized carbons (Fsp3) is 0.221. The topological polar surface area (TPSA) is 61.8 Å². The van der Waals surface area contributed by atoms with Crippen molar-refractivity contribution in [2.24, 2.45) is 0 Å². The number of sulfone groups is 1. The molecule has 1 aliphatic rings. The van der Waals surface area contributed by atoms with E-state index in [-0.39, 0.29) is 10.8 Å². The highest BCUT2D eigenvalue weighted by atomic mass is 32.2. The second-order valence-corrected chi connectivity index (χ2v) is 41.3.